The molecule has 1 unspecified atom stereocenters. The SMILES string of the molecule is CN1CC(N2CC(C(=O)Nc3cc(C4CC4)n(C)n3)CC2=O)C1. The number of rotatable bonds is 4. The summed E-state index contributed by atoms with van der Waals surface area (Å²) in [4.78, 5) is 28.7. The summed E-state index contributed by atoms with van der Waals surface area (Å²) in [5, 5.41) is 7.27. The van der Waals surface area contributed by atoms with E-state index in [0.717, 1.165) is 13.1 Å². The van der Waals surface area contributed by atoms with Gasteiger partial charge in [0, 0.05) is 50.8 Å². The second kappa shape index (κ2) is 5.33. The standard InChI is InChI=1S/C16H23N5O2/c1-19-8-12(9-19)21-7-11(5-15(21)22)16(23)17-14-6-13(10-3-4-10)20(2)18-14/h6,10-12H,3-5,7-9H2,1-2H3,(H,17,18,23). The van der Waals surface area contributed by atoms with Gasteiger partial charge in [0.15, 0.2) is 5.82 Å². The molecule has 4 rings (SSSR count). The van der Waals surface area contributed by atoms with Crippen LogP contribution in [0.5, 0.6) is 0 Å². The molecule has 0 spiro atoms. The Hall–Kier alpha value is -1.89. The number of aryl methyl sites for hydroxylation is 1. The summed E-state index contributed by atoms with van der Waals surface area (Å²) in [5.74, 6) is 0.947. The molecule has 7 nitrogen and oxygen atoms in total. The number of hydrogen-bond donors (Lipinski definition) is 1. The topological polar surface area (TPSA) is 70.5 Å². The molecule has 3 fully saturated rings. The molecule has 1 aliphatic carbocycles. The molecule has 2 amide bonds. The van der Waals surface area contributed by atoms with Crippen LogP contribution in [0, 0.1) is 5.92 Å². The van der Waals surface area contributed by atoms with Gasteiger partial charge in [-0.25, -0.2) is 0 Å². The van der Waals surface area contributed by atoms with Crippen LogP contribution < -0.4 is 5.32 Å². The molecule has 124 valence electrons. The second-order valence-corrected chi connectivity index (χ2v) is 7.16. The normalized spacial score (nSPS) is 25.7. The van der Waals surface area contributed by atoms with Crippen LogP contribution in [0.4, 0.5) is 5.82 Å². The highest BCUT2D eigenvalue weighted by molar-refractivity contribution is 5.96. The Morgan fingerprint density at radius 2 is 2.00 bits per heavy atom. The number of aromatic nitrogens is 2. The predicted octanol–water partition coefficient (Wildman–Crippen LogP) is 0.398. The van der Waals surface area contributed by atoms with Gasteiger partial charge in [0.2, 0.25) is 11.8 Å². The van der Waals surface area contributed by atoms with Gasteiger partial charge in [-0.2, -0.15) is 5.10 Å². The van der Waals surface area contributed by atoms with E-state index in [1.807, 2.05) is 29.7 Å². The molecule has 3 aliphatic rings. The lowest BCUT2D eigenvalue weighted by Gasteiger charge is -2.42. The quantitative estimate of drug-likeness (QED) is 0.872. The minimum atomic E-state index is -0.264. The number of nitrogens with one attached hydrogen (secondary N) is 1. The van der Waals surface area contributed by atoms with Crippen molar-refractivity contribution in [2.45, 2.75) is 31.2 Å². The van der Waals surface area contributed by atoms with Crippen LogP contribution in [0.1, 0.15) is 30.9 Å². The molecular weight excluding hydrogens is 294 g/mol. The summed E-state index contributed by atoms with van der Waals surface area (Å²) >= 11 is 0. The number of likely N-dealkylation sites (N-methyl/N-ethyl adjacent to an activating group) is 1. The first-order valence-electron chi connectivity index (χ1n) is 8.34. The first-order valence-corrected chi connectivity index (χ1v) is 8.34. The molecule has 1 aromatic rings. The van der Waals surface area contributed by atoms with Gasteiger partial charge >= 0.3 is 0 Å². The third-order valence-electron chi connectivity index (χ3n) is 5.18. The third kappa shape index (κ3) is 2.73. The summed E-state index contributed by atoms with van der Waals surface area (Å²) in [6.45, 7) is 2.35. The fraction of sp³-hybridized carbons (Fsp3) is 0.688. The van der Waals surface area contributed by atoms with E-state index in [1.165, 1.54) is 18.5 Å². The first kappa shape index (κ1) is 14.7. The van der Waals surface area contributed by atoms with E-state index in [1.54, 1.807) is 0 Å². The molecule has 0 radical (unpaired) electrons. The van der Waals surface area contributed by atoms with Crippen LogP contribution in [0.15, 0.2) is 6.07 Å². The van der Waals surface area contributed by atoms with E-state index in [4.69, 9.17) is 0 Å². The Balaban J connectivity index is 1.37. The van der Waals surface area contributed by atoms with Crippen molar-refractivity contribution in [3.63, 3.8) is 0 Å². The van der Waals surface area contributed by atoms with E-state index in [9.17, 15) is 9.59 Å². The van der Waals surface area contributed by atoms with Crippen LogP contribution in [-0.2, 0) is 16.6 Å². The van der Waals surface area contributed by atoms with E-state index in [-0.39, 0.29) is 23.8 Å². The Kier molecular flexibility index (Phi) is 3.41. The zero-order chi connectivity index (χ0) is 16.1. The maximum Gasteiger partial charge on any atom is 0.230 e. The fourth-order valence-corrected chi connectivity index (χ4v) is 3.66. The zero-order valence-corrected chi connectivity index (χ0v) is 13.7. The highest BCUT2D eigenvalue weighted by Crippen LogP contribution is 2.40. The van der Waals surface area contributed by atoms with Gasteiger partial charge in [-0.1, -0.05) is 0 Å². The Bertz CT molecular complexity index is 645. The van der Waals surface area contributed by atoms with Crippen molar-refractivity contribution in [1.29, 1.82) is 0 Å². The molecule has 0 aromatic carbocycles. The van der Waals surface area contributed by atoms with Crippen LogP contribution in [0.2, 0.25) is 0 Å². The molecule has 7 heteroatoms. The van der Waals surface area contributed by atoms with Gasteiger partial charge in [0.25, 0.3) is 0 Å². The van der Waals surface area contributed by atoms with Crippen LogP contribution in [0.3, 0.4) is 0 Å². The van der Waals surface area contributed by atoms with Gasteiger partial charge in [-0.3, -0.25) is 14.3 Å². The van der Waals surface area contributed by atoms with E-state index in [2.05, 4.69) is 15.3 Å². The van der Waals surface area contributed by atoms with E-state index in [0.29, 0.717) is 24.7 Å². The highest BCUT2D eigenvalue weighted by Gasteiger charge is 2.41. The number of likely N-dealkylation sites (tertiary alicyclic amines) is 2. The number of nitrogens with zero attached hydrogens (tertiary/aromatic N) is 4. The summed E-state index contributed by atoms with van der Waals surface area (Å²) in [7, 11) is 3.96. The van der Waals surface area contributed by atoms with E-state index < -0.39 is 0 Å². The molecule has 1 N–H and O–H groups in total. The summed E-state index contributed by atoms with van der Waals surface area (Å²) in [6, 6.07) is 2.24. The van der Waals surface area contributed by atoms with Crippen molar-refractivity contribution in [2.24, 2.45) is 13.0 Å². The molecule has 1 saturated carbocycles. The molecule has 2 aliphatic heterocycles. The average molecular weight is 317 g/mol. The largest absolute Gasteiger partial charge is 0.336 e. The number of carbonyl (C=O) groups is 2. The lowest BCUT2D eigenvalue weighted by Crippen LogP contribution is -2.58. The molecule has 1 atom stereocenters. The number of anilines is 1. The fourth-order valence-electron chi connectivity index (χ4n) is 3.66. The van der Waals surface area contributed by atoms with Gasteiger partial charge in [0.1, 0.15) is 0 Å². The van der Waals surface area contributed by atoms with Gasteiger partial charge in [-0.05, 0) is 19.9 Å². The summed E-state index contributed by atoms with van der Waals surface area (Å²) in [5.41, 5.74) is 1.18. The predicted molar refractivity (Wildman–Crippen MR) is 84.9 cm³/mol. The molecular formula is C16H23N5O2. The molecule has 2 saturated heterocycles. The summed E-state index contributed by atoms with van der Waals surface area (Å²) in [6.07, 6.45) is 2.72. The van der Waals surface area contributed by atoms with Gasteiger partial charge in [-0.15, -0.1) is 0 Å². The second-order valence-electron chi connectivity index (χ2n) is 7.16. The Labute approximate surface area is 135 Å². The highest BCUT2D eigenvalue weighted by atomic mass is 16.2. The molecule has 3 heterocycles. The number of carbonyl (C=O) groups excluding carboxylic acids is 2. The number of hydrogen-bond acceptors (Lipinski definition) is 4. The van der Waals surface area contributed by atoms with Crippen LogP contribution in [-0.4, -0.2) is 64.1 Å². The lowest BCUT2D eigenvalue weighted by molar-refractivity contribution is -0.132. The minimum absolute atomic E-state index is 0.0889. The monoisotopic (exact) mass is 317 g/mol. The van der Waals surface area contributed by atoms with Crippen molar-refractivity contribution < 1.29 is 9.59 Å². The van der Waals surface area contributed by atoms with Crippen molar-refractivity contribution >= 4 is 17.6 Å². The van der Waals surface area contributed by atoms with Crippen molar-refractivity contribution in [3.8, 4) is 0 Å². The first-order chi connectivity index (χ1) is 11.0. The molecule has 0 bridgehead atoms. The zero-order valence-electron chi connectivity index (χ0n) is 13.7. The van der Waals surface area contributed by atoms with Crippen molar-refractivity contribution in [3.05, 3.63) is 11.8 Å². The van der Waals surface area contributed by atoms with Crippen LogP contribution >= 0.6 is 0 Å². The van der Waals surface area contributed by atoms with Crippen LogP contribution in [0.25, 0.3) is 0 Å². The minimum Gasteiger partial charge on any atom is -0.336 e. The molecule has 23 heavy (non-hydrogen) atoms. The average Bonchev–Trinajstić information content (AvgIpc) is 3.14. The third-order valence-corrected chi connectivity index (χ3v) is 5.18. The lowest BCUT2D eigenvalue weighted by atomic mass is 10.1. The smallest absolute Gasteiger partial charge is 0.230 e. The van der Waals surface area contributed by atoms with Gasteiger partial charge < -0.3 is 15.1 Å². The Morgan fingerprint density at radius 1 is 1.26 bits per heavy atom. The van der Waals surface area contributed by atoms with Crippen molar-refractivity contribution in [1.82, 2.24) is 19.6 Å². The molecule has 1 aromatic heterocycles. The Morgan fingerprint density at radius 3 is 2.65 bits per heavy atom. The summed E-state index contributed by atoms with van der Waals surface area (Å²) < 4.78 is 1.85. The maximum atomic E-state index is 12.5. The maximum absolute atomic E-state index is 12.5. The van der Waals surface area contributed by atoms with Gasteiger partial charge in [0.05, 0.1) is 12.0 Å². The number of amides is 2. The van der Waals surface area contributed by atoms with Crippen molar-refractivity contribution in [2.75, 3.05) is 32.0 Å². The van der Waals surface area contributed by atoms with E-state index >= 15 is 0 Å².